The summed E-state index contributed by atoms with van der Waals surface area (Å²) in [5.41, 5.74) is 8.94. The summed E-state index contributed by atoms with van der Waals surface area (Å²) in [6.45, 7) is 6.40. The molecule has 1 aromatic heterocycles. The molecule has 0 bridgehead atoms. The van der Waals surface area contributed by atoms with Crippen molar-refractivity contribution >= 4 is 28.5 Å². The van der Waals surface area contributed by atoms with E-state index >= 15 is 0 Å². The Morgan fingerprint density at radius 2 is 1.71 bits per heavy atom. The van der Waals surface area contributed by atoms with Crippen LogP contribution in [0.3, 0.4) is 0 Å². The molecular formula is C24H28N4O3. The molecule has 0 radical (unpaired) electrons. The zero-order valence-electron chi connectivity index (χ0n) is 17.8. The predicted molar refractivity (Wildman–Crippen MR) is 121 cm³/mol. The van der Waals surface area contributed by atoms with Gasteiger partial charge in [0.1, 0.15) is 5.58 Å². The van der Waals surface area contributed by atoms with Crippen LogP contribution in [0.15, 0.2) is 59.2 Å². The van der Waals surface area contributed by atoms with Crippen molar-refractivity contribution in [1.29, 1.82) is 0 Å². The van der Waals surface area contributed by atoms with Crippen LogP contribution in [0.2, 0.25) is 0 Å². The number of piperazine rings is 1. The fourth-order valence-electron chi connectivity index (χ4n) is 3.87. The van der Waals surface area contributed by atoms with Crippen molar-refractivity contribution in [3.8, 4) is 0 Å². The van der Waals surface area contributed by atoms with Crippen molar-refractivity contribution in [3.05, 3.63) is 65.9 Å². The number of amides is 2. The summed E-state index contributed by atoms with van der Waals surface area (Å²) >= 11 is 0. The quantitative estimate of drug-likeness (QED) is 0.600. The molecule has 0 aliphatic carbocycles. The largest absolute Gasteiger partial charge is 0.464 e. The van der Waals surface area contributed by atoms with E-state index in [4.69, 9.17) is 4.42 Å². The van der Waals surface area contributed by atoms with Gasteiger partial charge in [-0.1, -0.05) is 30.3 Å². The third-order valence-electron chi connectivity index (χ3n) is 5.65. The van der Waals surface area contributed by atoms with E-state index in [1.54, 1.807) is 6.26 Å². The number of carbonyl (C=O) groups is 2. The smallest absolute Gasteiger partial charge is 0.242 e. The third-order valence-corrected chi connectivity index (χ3v) is 5.65. The van der Waals surface area contributed by atoms with Gasteiger partial charge in [0.15, 0.2) is 0 Å². The molecule has 1 fully saturated rings. The molecule has 31 heavy (non-hydrogen) atoms. The van der Waals surface area contributed by atoms with Crippen molar-refractivity contribution in [2.24, 2.45) is 0 Å². The fraction of sp³-hybridized carbons (Fsp3) is 0.333. The number of nitrogens with zero attached hydrogens (tertiary/aromatic N) is 2. The third kappa shape index (κ3) is 5.44. The number of aryl methyl sites for hydroxylation is 1. The average molecular weight is 421 g/mol. The minimum absolute atomic E-state index is 0.151. The summed E-state index contributed by atoms with van der Waals surface area (Å²) in [5.74, 6) is -0.459. The van der Waals surface area contributed by atoms with Crippen LogP contribution in [-0.4, -0.2) is 49.4 Å². The van der Waals surface area contributed by atoms with E-state index in [2.05, 4.69) is 44.9 Å². The maximum absolute atomic E-state index is 12.2. The van der Waals surface area contributed by atoms with Gasteiger partial charge in [-0.2, -0.15) is 0 Å². The first-order valence-corrected chi connectivity index (χ1v) is 10.7. The summed E-state index contributed by atoms with van der Waals surface area (Å²) in [6, 6.07) is 16.3. The molecule has 7 nitrogen and oxygen atoms in total. The molecule has 1 aliphatic heterocycles. The molecule has 162 valence electrons. The highest BCUT2D eigenvalue weighted by molar-refractivity contribution is 5.89. The zero-order valence-corrected chi connectivity index (χ0v) is 17.8. The molecule has 0 atom stereocenters. The number of anilines is 1. The Hall–Kier alpha value is -3.32. The molecule has 1 saturated heterocycles. The van der Waals surface area contributed by atoms with Crippen molar-refractivity contribution in [1.82, 2.24) is 15.8 Å². The number of hydrazine groups is 1. The van der Waals surface area contributed by atoms with Gasteiger partial charge in [0.05, 0.1) is 12.7 Å². The first kappa shape index (κ1) is 20.9. The molecular weight excluding hydrogens is 392 g/mol. The Morgan fingerprint density at radius 1 is 0.968 bits per heavy atom. The van der Waals surface area contributed by atoms with Crippen LogP contribution in [-0.2, 0) is 16.0 Å². The molecule has 2 N–H and O–H groups in total. The van der Waals surface area contributed by atoms with Gasteiger partial charge in [-0.05, 0) is 30.7 Å². The topological polar surface area (TPSA) is 77.8 Å². The summed E-state index contributed by atoms with van der Waals surface area (Å²) < 4.78 is 5.52. The molecule has 1 aliphatic rings. The molecule has 0 spiro atoms. The van der Waals surface area contributed by atoms with Crippen LogP contribution in [0.5, 0.6) is 0 Å². The minimum atomic E-state index is -0.270. The van der Waals surface area contributed by atoms with Gasteiger partial charge in [-0.15, -0.1) is 0 Å². The molecule has 3 aromatic rings. The molecule has 2 heterocycles. The fourth-order valence-corrected chi connectivity index (χ4v) is 3.87. The van der Waals surface area contributed by atoms with Crippen molar-refractivity contribution in [2.45, 2.75) is 19.8 Å². The van der Waals surface area contributed by atoms with Gasteiger partial charge in [0, 0.05) is 55.8 Å². The molecule has 4 rings (SSSR count). The molecule has 0 saturated carbocycles. The Bertz CT molecular complexity index is 1040. The number of rotatable bonds is 6. The van der Waals surface area contributed by atoms with E-state index in [0.717, 1.165) is 48.3 Å². The highest BCUT2D eigenvalue weighted by Gasteiger charge is 2.18. The maximum atomic E-state index is 12.2. The number of para-hydroxylation sites is 1. The first-order valence-electron chi connectivity index (χ1n) is 10.7. The second kappa shape index (κ2) is 9.66. The maximum Gasteiger partial charge on any atom is 0.242 e. The number of carbonyl (C=O) groups excluding carboxylic acids is 2. The van der Waals surface area contributed by atoms with Crippen molar-refractivity contribution in [3.63, 3.8) is 0 Å². The number of nitrogens with one attached hydrogen (secondary N) is 2. The highest BCUT2D eigenvalue weighted by atomic mass is 16.3. The van der Waals surface area contributed by atoms with Crippen molar-refractivity contribution in [2.75, 3.05) is 37.6 Å². The summed E-state index contributed by atoms with van der Waals surface area (Å²) in [4.78, 5) is 29.0. The lowest BCUT2D eigenvalue weighted by Crippen LogP contribution is -2.48. The van der Waals surface area contributed by atoms with E-state index < -0.39 is 0 Å². The lowest BCUT2D eigenvalue weighted by atomic mass is 10.1. The van der Waals surface area contributed by atoms with Gasteiger partial charge < -0.3 is 9.32 Å². The van der Waals surface area contributed by atoms with Crippen LogP contribution in [0.4, 0.5) is 5.69 Å². The number of benzene rings is 2. The van der Waals surface area contributed by atoms with Crippen LogP contribution < -0.4 is 15.8 Å². The minimum Gasteiger partial charge on any atom is -0.464 e. The van der Waals surface area contributed by atoms with Gasteiger partial charge in [0.25, 0.3) is 0 Å². The molecule has 7 heteroatoms. The first-order chi connectivity index (χ1) is 15.1. The Kier molecular flexibility index (Phi) is 6.52. The second-order valence-electron chi connectivity index (χ2n) is 7.95. The van der Waals surface area contributed by atoms with E-state index in [-0.39, 0.29) is 18.2 Å². The number of hydrogen-bond donors (Lipinski definition) is 2. The summed E-state index contributed by atoms with van der Waals surface area (Å²) in [7, 11) is 0. The zero-order chi connectivity index (χ0) is 21.6. The Morgan fingerprint density at radius 3 is 2.48 bits per heavy atom. The normalized spacial score (nSPS) is 14.5. The van der Waals surface area contributed by atoms with Crippen molar-refractivity contribution < 1.29 is 14.0 Å². The van der Waals surface area contributed by atoms with Crippen LogP contribution in [0.25, 0.3) is 11.0 Å². The highest BCUT2D eigenvalue weighted by Crippen LogP contribution is 2.22. The summed E-state index contributed by atoms with van der Waals surface area (Å²) in [6.07, 6.45) is 2.10. The van der Waals surface area contributed by atoms with Gasteiger partial charge >= 0.3 is 0 Å². The van der Waals surface area contributed by atoms with E-state index in [0.29, 0.717) is 13.0 Å². The van der Waals surface area contributed by atoms with E-state index in [9.17, 15) is 9.59 Å². The van der Waals surface area contributed by atoms with Gasteiger partial charge in [0.2, 0.25) is 11.8 Å². The molecule has 2 amide bonds. The average Bonchev–Trinajstić information content (AvgIpc) is 3.18. The Labute approximate surface area is 182 Å². The Balaban J connectivity index is 1.16. The monoisotopic (exact) mass is 420 g/mol. The SMILES string of the molecule is Cc1ccc2c(CC(=O)NNC(=O)CCN3CCN(c4ccccc4)CC3)coc2c1. The number of fused-ring (bicyclic) bond motifs is 1. The summed E-state index contributed by atoms with van der Waals surface area (Å²) in [5, 5.41) is 0.918. The second-order valence-corrected chi connectivity index (χ2v) is 7.95. The molecule has 2 aromatic carbocycles. The van der Waals surface area contributed by atoms with Gasteiger partial charge in [-0.3, -0.25) is 25.3 Å². The lowest BCUT2D eigenvalue weighted by Gasteiger charge is -2.36. The van der Waals surface area contributed by atoms with E-state index in [1.165, 1.54) is 5.69 Å². The standard InChI is InChI=1S/C24H28N4O3/c1-18-7-8-21-19(17-31-22(21)15-18)16-24(30)26-25-23(29)9-10-27-11-13-28(14-12-27)20-5-3-2-4-6-20/h2-8,15,17H,9-14,16H2,1H3,(H,25,29)(H,26,30). The number of furan rings is 1. The van der Waals surface area contributed by atoms with Crippen LogP contribution in [0.1, 0.15) is 17.5 Å². The van der Waals surface area contributed by atoms with Crippen LogP contribution >= 0.6 is 0 Å². The lowest BCUT2D eigenvalue weighted by molar-refractivity contribution is -0.128. The predicted octanol–water partition coefficient (Wildman–Crippen LogP) is 2.64. The molecule has 0 unspecified atom stereocenters. The van der Waals surface area contributed by atoms with E-state index in [1.807, 2.05) is 31.2 Å². The van der Waals surface area contributed by atoms with Crippen LogP contribution in [0, 0.1) is 6.92 Å². The number of hydrogen-bond acceptors (Lipinski definition) is 5. The van der Waals surface area contributed by atoms with Gasteiger partial charge in [-0.25, -0.2) is 0 Å².